The van der Waals surface area contributed by atoms with Crippen molar-refractivity contribution in [1.29, 1.82) is 0 Å². The number of carbonyl (C=O) groups is 1. The first kappa shape index (κ1) is 15.9. The minimum Gasteiger partial charge on any atom is -0.274 e. The van der Waals surface area contributed by atoms with E-state index in [0.717, 1.165) is 11.1 Å². The lowest BCUT2D eigenvalue weighted by atomic mass is 10.0. The maximum Gasteiger partial charge on any atom is 0.272 e. The van der Waals surface area contributed by atoms with Crippen LogP contribution in [0.4, 0.5) is 0 Å². The summed E-state index contributed by atoms with van der Waals surface area (Å²) in [6.45, 7) is 0. The van der Waals surface area contributed by atoms with Crippen molar-refractivity contribution >= 4 is 40.0 Å². The first-order chi connectivity index (χ1) is 11.0. The Morgan fingerprint density at radius 3 is 1.74 bits per heavy atom. The monoisotopic (exact) mass is 362 g/mol. The van der Waals surface area contributed by atoms with Gasteiger partial charge in [-0.05, 0) is 35.9 Å². The molecule has 0 fully saturated rings. The number of benzene rings is 2. The highest BCUT2D eigenvalue weighted by Crippen LogP contribution is 2.30. The molecule has 3 rings (SSSR count). The van der Waals surface area contributed by atoms with Gasteiger partial charge in [-0.2, -0.15) is 0 Å². The third-order valence-electron chi connectivity index (χ3n) is 3.21. The highest BCUT2D eigenvalue weighted by molar-refractivity contribution is 6.67. The van der Waals surface area contributed by atoms with Crippen molar-refractivity contribution in [2.45, 2.75) is 0 Å². The largest absolute Gasteiger partial charge is 0.274 e. The van der Waals surface area contributed by atoms with Crippen LogP contribution in [0, 0.1) is 0 Å². The summed E-state index contributed by atoms with van der Waals surface area (Å²) >= 11 is 17.4. The third kappa shape index (κ3) is 3.53. The Morgan fingerprint density at radius 2 is 1.26 bits per heavy atom. The zero-order valence-corrected chi connectivity index (χ0v) is 13.9. The summed E-state index contributed by atoms with van der Waals surface area (Å²) < 4.78 is 0. The molecule has 3 aromatic rings. The molecule has 6 heteroatoms. The SMILES string of the molecule is O=C(Cl)c1cnc(-c2ccc(Cl)cc2)c(-c2ccc(Cl)cc2)n1. The average molecular weight is 364 g/mol. The summed E-state index contributed by atoms with van der Waals surface area (Å²) in [6, 6.07) is 14.3. The van der Waals surface area contributed by atoms with Crippen LogP contribution in [-0.2, 0) is 0 Å². The van der Waals surface area contributed by atoms with E-state index in [1.807, 2.05) is 24.3 Å². The van der Waals surface area contributed by atoms with Gasteiger partial charge in [0.1, 0.15) is 5.69 Å². The number of nitrogens with zero attached hydrogens (tertiary/aromatic N) is 2. The van der Waals surface area contributed by atoms with Crippen LogP contribution in [0.1, 0.15) is 10.5 Å². The van der Waals surface area contributed by atoms with Crippen LogP contribution in [0.25, 0.3) is 22.5 Å². The average Bonchev–Trinajstić information content (AvgIpc) is 2.56. The van der Waals surface area contributed by atoms with Crippen molar-refractivity contribution in [1.82, 2.24) is 9.97 Å². The summed E-state index contributed by atoms with van der Waals surface area (Å²) in [5, 5.41) is 0.581. The molecule has 23 heavy (non-hydrogen) atoms. The van der Waals surface area contributed by atoms with E-state index < -0.39 is 5.24 Å². The summed E-state index contributed by atoms with van der Waals surface area (Å²) in [5.74, 6) is 0. The molecule has 0 amide bonds. The van der Waals surface area contributed by atoms with Gasteiger partial charge in [-0.25, -0.2) is 4.98 Å². The summed E-state index contributed by atoms with van der Waals surface area (Å²) in [5.41, 5.74) is 2.89. The van der Waals surface area contributed by atoms with Gasteiger partial charge in [0.25, 0.3) is 5.24 Å². The lowest BCUT2D eigenvalue weighted by Gasteiger charge is -2.09. The first-order valence-corrected chi connectivity index (χ1v) is 7.77. The first-order valence-electron chi connectivity index (χ1n) is 6.63. The molecule has 0 saturated heterocycles. The van der Waals surface area contributed by atoms with E-state index in [2.05, 4.69) is 9.97 Å². The third-order valence-corrected chi connectivity index (χ3v) is 3.91. The van der Waals surface area contributed by atoms with Gasteiger partial charge in [0.2, 0.25) is 0 Å². The lowest BCUT2D eigenvalue weighted by Crippen LogP contribution is -2.01. The Kier molecular flexibility index (Phi) is 4.62. The topological polar surface area (TPSA) is 42.9 Å². The Balaban J connectivity index is 2.20. The van der Waals surface area contributed by atoms with Gasteiger partial charge in [-0.15, -0.1) is 0 Å². The van der Waals surface area contributed by atoms with E-state index in [1.54, 1.807) is 24.3 Å². The summed E-state index contributed by atoms with van der Waals surface area (Å²) in [4.78, 5) is 20.1. The minimum absolute atomic E-state index is 0.0920. The van der Waals surface area contributed by atoms with E-state index in [0.29, 0.717) is 21.4 Å². The molecule has 1 aromatic heterocycles. The van der Waals surface area contributed by atoms with E-state index in [1.165, 1.54) is 6.20 Å². The fourth-order valence-electron chi connectivity index (χ4n) is 2.11. The van der Waals surface area contributed by atoms with E-state index in [4.69, 9.17) is 34.8 Å². The number of carbonyl (C=O) groups excluding carboxylic acids is 1. The van der Waals surface area contributed by atoms with Crippen LogP contribution < -0.4 is 0 Å². The number of hydrogen-bond acceptors (Lipinski definition) is 3. The number of hydrogen-bond donors (Lipinski definition) is 0. The molecule has 0 unspecified atom stereocenters. The molecule has 0 aliphatic rings. The molecule has 3 nitrogen and oxygen atoms in total. The zero-order chi connectivity index (χ0) is 16.4. The van der Waals surface area contributed by atoms with Crippen molar-refractivity contribution < 1.29 is 4.79 Å². The van der Waals surface area contributed by atoms with Crippen LogP contribution in [0.2, 0.25) is 10.0 Å². The molecule has 0 aliphatic carbocycles. The van der Waals surface area contributed by atoms with Crippen molar-refractivity contribution in [3.8, 4) is 22.5 Å². The standard InChI is InChI=1S/C17H9Cl3N2O/c18-12-5-1-10(2-6-12)15-16(11-3-7-13(19)8-4-11)22-14(9-21-15)17(20)23/h1-9H. The van der Waals surface area contributed by atoms with Crippen molar-refractivity contribution in [3.63, 3.8) is 0 Å². The van der Waals surface area contributed by atoms with Crippen molar-refractivity contribution in [2.24, 2.45) is 0 Å². The highest BCUT2D eigenvalue weighted by atomic mass is 35.5. The second-order valence-electron chi connectivity index (χ2n) is 4.74. The van der Waals surface area contributed by atoms with Crippen LogP contribution in [0.3, 0.4) is 0 Å². The predicted octanol–water partition coefficient (Wildman–Crippen LogP) is 5.50. The number of aromatic nitrogens is 2. The van der Waals surface area contributed by atoms with Gasteiger partial charge in [0.15, 0.2) is 0 Å². The lowest BCUT2D eigenvalue weighted by molar-refractivity contribution is 0.107. The highest BCUT2D eigenvalue weighted by Gasteiger charge is 2.14. The summed E-state index contributed by atoms with van der Waals surface area (Å²) in [6.07, 6.45) is 1.36. The quantitative estimate of drug-likeness (QED) is 0.577. The van der Waals surface area contributed by atoms with Gasteiger partial charge in [-0.3, -0.25) is 9.78 Å². The molecule has 0 saturated carbocycles. The van der Waals surface area contributed by atoms with Crippen LogP contribution in [0.5, 0.6) is 0 Å². The maximum atomic E-state index is 11.4. The summed E-state index contributed by atoms with van der Waals surface area (Å²) in [7, 11) is 0. The van der Waals surface area contributed by atoms with Crippen molar-refractivity contribution in [2.75, 3.05) is 0 Å². The van der Waals surface area contributed by atoms with Crippen LogP contribution in [0.15, 0.2) is 54.7 Å². The van der Waals surface area contributed by atoms with Gasteiger partial charge in [0, 0.05) is 21.2 Å². The molecule has 0 radical (unpaired) electrons. The predicted molar refractivity (Wildman–Crippen MR) is 93.1 cm³/mol. The number of rotatable bonds is 3. The molecule has 2 aromatic carbocycles. The van der Waals surface area contributed by atoms with E-state index in [-0.39, 0.29) is 5.69 Å². The van der Waals surface area contributed by atoms with E-state index >= 15 is 0 Å². The normalized spacial score (nSPS) is 10.6. The van der Waals surface area contributed by atoms with Crippen LogP contribution >= 0.6 is 34.8 Å². The number of halogens is 3. The fraction of sp³-hybridized carbons (Fsp3) is 0. The molecular weight excluding hydrogens is 355 g/mol. The zero-order valence-electron chi connectivity index (χ0n) is 11.6. The Bertz CT molecular complexity index is 862. The van der Waals surface area contributed by atoms with Gasteiger partial charge < -0.3 is 0 Å². The van der Waals surface area contributed by atoms with E-state index in [9.17, 15) is 4.79 Å². The molecular formula is C17H9Cl3N2O. The second kappa shape index (κ2) is 6.67. The molecule has 0 bridgehead atoms. The van der Waals surface area contributed by atoms with Gasteiger partial charge >= 0.3 is 0 Å². The van der Waals surface area contributed by atoms with Crippen LogP contribution in [-0.4, -0.2) is 15.2 Å². The Labute approximate surface area is 147 Å². The Hall–Kier alpha value is -1.94. The minimum atomic E-state index is -0.657. The molecule has 0 N–H and O–H groups in total. The molecule has 114 valence electrons. The van der Waals surface area contributed by atoms with Gasteiger partial charge in [0.05, 0.1) is 17.6 Å². The molecule has 0 spiro atoms. The Morgan fingerprint density at radius 1 is 0.783 bits per heavy atom. The molecule has 0 atom stereocenters. The van der Waals surface area contributed by atoms with Gasteiger partial charge in [-0.1, -0.05) is 47.5 Å². The smallest absolute Gasteiger partial charge is 0.272 e. The van der Waals surface area contributed by atoms with Crippen molar-refractivity contribution in [3.05, 3.63) is 70.5 Å². The fourth-order valence-corrected chi connectivity index (χ4v) is 2.45. The molecule has 1 heterocycles. The molecule has 0 aliphatic heterocycles. The second-order valence-corrected chi connectivity index (χ2v) is 5.96. The maximum absolute atomic E-state index is 11.4.